The number of nitrogens with zero attached hydrogens (tertiary/aromatic N) is 6. The number of rotatable bonds is 14. The van der Waals surface area contributed by atoms with Crippen molar-refractivity contribution in [3.05, 3.63) is 72.8 Å². The summed E-state index contributed by atoms with van der Waals surface area (Å²) in [6.45, 7) is 1.59. The second-order valence-electron chi connectivity index (χ2n) is 12.1. The highest BCUT2D eigenvalue weighted by Gasteiger charge is 2.42. The molecule has 2 aliphatic rings. The fraction of sp³-hybridized carbons (Fsp3) is 0.333. The minimum absolute atomic E-state index is 0.155. The molecular formula is C33H34N10O2S2. The minimum atomic E-state index is 0.155. The summed E-state index contributed by atoms with van der Waals surface area (Å²) in [7, 11) is 0. The molecule has 0 saturated heterocycles. The topological polar surface area (TPSA) is 152 Å². The highest BCUT2D eigenvalue weighted by Crippen LogP contribution is 2.45. The Labute approximate surface area is 279 Å². The van der Waals surface area contributed by atoms with Crippen LogP contribution in [0.2, 0.25) is 0 Å². The van der Waals surface area contributed by atoms with E-state index in [0.717, 1.165) is 82.1 Å². The highest BCUT2D eigenvalue weighted by molar-refractivity contribution is 7.98. The first-order chi connectivity index (χ1) is 23.1. The van der Waals surface area contributed by atoms with E-state index >= 15 is 0 Å². The summed E-state index contributed by atoms with van der Waals surface area (Å²) in [4.78, 5) is 29.2. The third-order valence-electron chi connectivity index (χ3n) is 8.64. The van der Waals surface area contributed by atoms with E-state index in [1.165, 1.54) is 0 Å². The number of thioether (sulfide) groups is 2. The average molecular weight is 667 g/mol. The molecule has 0 bridgehead atoms. The summed E-state index contributed by atoms with van der Waals surface area (Å²) in [5.74, 6) is 2.09. The van der Waals surface area contributed by atoms with Gasteiger partial charge < -0.3 is 30.1 Å². The number of nitrogens with one attached hydrogen (secondary N) is 4. The van der Waals surface area contributed by atoms with Crippen LogP contribution in [-0.2, 0) is 5.75 Å². The van der Waals surface area contributed by atoms with Crippen LogP contribution in [0.5, 0.6) is 0 Å². The number of anilines is 4. The van der Waals surface area contributed by atoms with Gasteiger partial charge in [0.1, 0.15) is 11.0 Å². The van der Waals surface area contributed by atoms with Crippen molar-refractivity contribution in [3.8, 4) is 0 Å². The number of hydrogen-bond donors (Lipinski definition) is 4. The van der Waals surface area contributed by atoms with Crippen LogP contribution in [0.3, 0.4) is 0 Å². The van der Waals surface area contributed by atoms with E-state index in [4.69, 9.17) is 13.8 Å². The molecule has 2 fully saturated rings. The van der Waals surface area contributed by atoms with Gasteiger partial charge in [-0.15, -0.1) is 23.5 Å². The van der Waals surface area contributed by atoms with Gasteiger partial charge in [-0.05, 0) is 61.8 Å². The van der Waals surface area contributed by atoms with Crippen molar-refractivity contribution in [1.82, 2.24) is 29.9 Å². The molecule has 0 radical (unpaired) electrons. The first kappa shape index (κ1) is 29.8. The SMILES string of the molecule is CSc1cnc(NCC2(CNc3nc4cc(CSc5cnc(NC6CC(Nc7nc8ccccc8o7)C6)nc5)ccc4o3)CC2)nc1. The first-order valence-corrected chi connectivity index (χ1v) is 17.9. The Bertz CT molecular complexity index is 1940. The molecule has 0 atom stereocenters. The lowest BCUT2D eigenvalue weighted by Gasteiger charge is -2.35. The van der Waals surface area contributed by atoms with Crippen LogP contribution in [0.1, 0.15) is 31.2 Å². The Morgan fingerprint density at radius 2 is 1.43 bits per heavy atom. The summed E-state index contributed by atoms with van der Waals surface area (Å²) < 4.78 is 11.8. The van der Waals surface area contributed by atoms with Crippen molar-refractivity contribution >= 4 is 69.6 Å². The van der Waals surface area contributed by atoms with Gasteiger partial charge in [0, 0.05) is 70.9 Å². The zero-order valence-corrected chi connectivity index (χ0v) is 27.4. The quantitative estimate of drug-likeness (QED) is 0.0890. The molecule has 4 N–H and O–H groups in total. The number of aromatic nitrogens is 6. The van der Waals surface area contributed by atoms with Crippen LogP contribution in [0.4, 0.5) is 23.9 Å². The van der Waals surface area contributed by atoms with Crippen LogP contribution in [0, 0.1) is 5.41 Å². The molecule has 0 spiro atoms. The predicted molar refractivity (Wildman–Crippen MR) is 186 cm³/mol. The summed E-state index contributed by atoms with van der Waals surface area (Å²) in [6.07, 6.45) is 13.6. The molecular weight excluding hydrogens is 633 g/mol. The van der Waals surface area contributed by atoms with Crippen LogP contribution >= 0.6 is 23.5 Å². The molecule has 8 rings (SSSR count). The third-order valence-corrected chi connectivity index (χ3v) is 10.3. The standard InChI is InChI=1S/C33H34N10O2S2/c1-46-23-13-34-29(35-14-23)38-18-33(8-9-33)19-39-31-43-26-10-20(6-7-28(26)44-31)17-47-24-15-36-30(37-16-24)40-21-11-22(12-21)41-32-42-25-4-2-3-5-27(25)45-32/h2-7,10,13-16,21-22H,8-9,11-12,17-19H2,1H3,(H,39,43)(H,41,42)(H,34,35,38)(H,36,37,40). The molecule has 2 aromatic carbocycles. The van der Waals surface area contributed by atoms with Gasteiger partial charge in [-0.2, -0.15) is 9.97 Å². The maximum atomic E-state index is 5.99. The lowest BCUT2D eigenvalue weighted by Crippen LogP contribution is -2.44. The molecule has 14 heteroatoms. The maximum absolute atomic E-state index is 5.99. The summed E-state index contributed by atoms with van der Waals surface area (Å²) in [5, 5.41) is 13.6. The molecule has 2 saturated carbocycles. The van der Waals surface area contributed by atoms with Gasteiger partial charge in [0.25, 0.3) is 12.0 Å². The van der Waals surface area contributed by atoms with Crippen molar-refractivity contribution in [2.75, 3.05) is 40.6 Å². The van der Waals surface area contributed by atoms with Crippen molar-refractivity contribution < 1.29 is 8.83 Å². The zero-order valence-electron chi connectivity index (χ0n) is 25.8. The lowest BCUT2D eigenvalue weighted by atomic mass is 9.87. The Morgan fingerprint density at radius 1 is 0.745 bits per heavy atom. The first-order valence-electron chi connectivity index (χ1n) is 15.6. The summed E-state index contributed by atoms with van der Waals surface area (Å²) in [5.41, 5.74) is 4.59. The van der Waals surface area contributed by atoms with E-state index in [1.54, 1.807) is 23.5 Å². The lowest BCUT2D eigenvalue weighted by molar-refractivity contribution is 0.387. The van der Waals surface area contributed by atoms with Crippen LogP contribution in [0.25, 0.3) is 22.2 Å². The zero-order chi connectivity index (χ0) is 31.6. The van der Waals surface area contributed by atoms with Crippen LogP contribution in [0.15, 0.2) is 85.9 Å². The highest BCUT2D eigenvalue weighted by atomic mass is 32.2. The number of hydrogen-bond acceptors (Lipinski definition) is 14. The summed E-state index contributed by atoms with van der Waals surface area (Å²) in [6, 6.07) is 15.7. The van der Waals surface area contributed by atoms with E-state index in [0.29, 0.717) is 36.0 Å². The van der Waals surface area contributed by atoms with Gasteiger partial charge in [0.05, 0.1) is 0 Å². The third kappa shape index (κ3) is 7.08. The van der Waals surface area contributed by atoms with E-state index in [9.17, 15) is 0 Å². The Kier molecular flexibility index (Phi) is 8.19. The van der Waals surface area contributed by atoms with Crippen molar-refractivity contribution in [2.24, 2.45) is 5.41 Å². The number of fused-ring (bicyclic) bond motifs is 2. The molecule has 240 valence electrons. The smallest absolute Gasteiger partial charge is 0.295 e. The number of oxazole rings is 2. The van der Waals surface area contributed by atoms with Crippen molar-refractivity contribution in [3.63, 3.8) is 0 Å². The fourth-order valence-corrected chi connectivity index (χ4v) is 6.63. The Morgan fingerprint density at radius 3 is 2.21 bits per heavy atom. The van der Waals surface area contributed by atoms with Gasteiger partial charge in [-0.3, -0.25) is 0 Å². The van der Waals surface area contributed by atoms with E-state index < -0.39 is 0 Å². The molecule has 2 aliphatic carbocycles. The second-order valence-corrected chi connectivity index (χ2v) is 14.1. The molecule has 0 unspecified atom stereocenters. The van der Waals surface area contributed by atoms with E-state index in [-0.39, 0.29) is 5.41 Å². The fourth-order valence-electron chi connectivity index (χ4n) is 5.55. The number of para-hydroxylation sites is 2. The normalized spacial score (nSPS) is 18.1. The Hall–Kier alpha value is -4.56. The summed E-state index contributed by atoms with van der Waals surface area (Å²) >= 11 is 3.33. The predicted octanol–water partition coefficient (Wildman–Crippen LogP) is 6.92. The second kappa shape index (κ2) is 12.9. The largest absolute Gasteiger partial charge is 0.424 e. The monoisotopic (exact) mass is 666 g/mol. The molecule has 12 nitrogen and oxygen atoms in total. The van der Waals surface area contributed by atoms with Crippen LogP contribution in [-0.4, -0.2) is 61.3 Å². The minimum Gasteiger partial charge on any atom is -0.424 e. The molecule has 47 heavy (non-hydrogen) atoms. The Balaban J connectivity index is 0.781. The van der Waals surface area contributed by atoms with E-state index in [2.05, 4.69) is 58.3 Å². The molecule has 6 aromatic rings. The van der Waals surface area contributed by atoms with Gasteiger partial charge in [0.15, 0.2) is 11.2 Å². The van der Waals surface area contributed by atoms with Crippen molar-refractivity contribution in [2.45, 2.75) is 53.3 Å². The molecule has 4 aromatic heterocycles. The number of benzene rings is 2. The average Bonchev–Trinajstić information content (AvgIpc) is 3.55. The molecule has 0 amide bonds. The van der Waals surface area contributed by atoms with E-state index in [1.807, 2.05) is 61.4 Å². The van der Waals surface area contributed by atoms with Crippen LogP contribution < -0.4 is 21.3 Å². The molecule has 4 heterocycles. The van der Waals surface area contributed by atoms with Gasteiger partial charge >= 0.3 is 0 Å². The van der Waals surface area contributed by atoms with Gasteiger partial charge in [-0.25, -0.2) is 19.9 Å². The van der Waals surface area contributed by atoms with Crippen molar-refractivity contribution in [1.29, 1.82) is 0 Å². The van der Waals surface area contributed by atoms with Gasteiger partial charge in [-0.1, -0.05) is 18.2 Å². The van der Waals surface area contributed by atoms with Gasteiger partial charge in [0.2, 0.25) is 11.9 Å². The molecule has 0 aliphatic heterocycles. The maximum Gasteiger partial charge on any atom is 0.295 e.